The number of halogens is 3. The molecule has 20 heteroatoms. The summed E-state index contributed by atoms with van der Waals surface area (Å²) in [7, 11) is 1.53. The van der Waals surface area contributed by atoms with Crippen molar-refractivity contribution in [1.82, 2.24) is 44.3 Å². The molecule has 2 unspecified atom stereocenters. The third kappa shape index (κ3) is 12.5. The van der Waals surface area contributed by atoms with Gasteiger partial charge >= 0.3 is 17.9 Å². The number of nitrogens with zero attached hydrogens (tertiary/aromatic N) is 6. The van der Waals surface area contributed by atoms with E-state index in [4.69, 9.17) is 4.74 Å². The van der Waals surface area contributed by atoms with Crippen molar-refractivity contribution in [3.63, 3.8) is 0 Å². The zero-order chi connectivity index (χ0) is 69.6. The molecule has 0 saturated heterocycles. The standard InChI is InChI=1S/C27H24FN3O4.2C26H22FN3O2/c1-3-27(34,15-35-2)25-24(16-4-6-17(7-5-16)26(32)33)21-13-22-18(14-29-30-22)12-23(21)31(25)20-10-8-19(28)9-11-20;1-15(2)11-24-25(16-3-5-17(6-4-16)26(31)32)21-13-22-18(14-28-29-22)12-23(21)30(24)20-9-7-19(27)8-10-20;1-3-15(2)25-24(16-4-6-17(7-5-16)26(31)32)21-13-22-18(14-28-29-22)12-23(21)30(25)20-10-8-19(27)9-11-20/h4-14,34H,3,15H2,1-2H3,(H,29,30)(H,32,33);3-10,12-15H,11H2,1-2H3,(H,28,29)(H,31,32);4-15H,3H2,1-2H3,(H,28,29)(H,31,32). The second kappa shape index (κ2) is 27.0. The Hall–Kier alpha value is -11.9. The highest BCUT2D eigenvalue weighted by Gasteiger charge is 2.37. The third-order valence-corrected chi connectivity index (χ3v) is 18.3. The lowest BCUT2D eigenvalue weighted by molar-refractivity contribution is -0.0422. The predicted molar refractivity (Wildman–Crippen MR) is 379 cm³/mol. The first-order valence-corrected chi connectivity index (χ1v) is 32.3. The number of methoxy groups -OCH3 is 1. The molecule has 15 aromatic rings. The Kier molecular flexibility index (Phi) is 17.9. The molecule has 0 saturated carbocycles. The van der Waals surface area contributed by atoms with Crippen LogP contribution in [0.1, 0.15) is 102 Å². The number of ether oxygens (including phenoxy) is 1. The minimum absolute atomic E-state index is 0.0284. The van der Waals surface area contributed by atoms with Crippen LogP contribution in [0.4, 0.5) is 13.2 Å². The second-order valence-electron chi connectivity index (χ2n) is 25.1. The van der Waals surface area contributed by atoms with Gasteiger partial charge in [-0.3, -0.25) is 15.3 Å². The number of hydrogen-bond acceptors (Lipinski definition) is 8. The van der Waals surface area contributed by atoms with Crippen LogP contribution in [0.3, 0.4) is 0 Å². The van der Waals surface area contributed by atoms with Gasteiger partial charge in [0.2, 0.25) is 0 Å². The van der Waals surface area contributed by atoms with E-state index in [1.165, 1.54) is 43.5 Å². The van der Waals surface area contributed by atoms with E-state index < -0.39 is 23.5 Å². The van der Waals surface area contributed by atoms with Crippen LogP contribution in [-0.2, 0) is 16.8 Å². The monoisotopic (exact) mass is 1330 g/mol. The summed E-state index contributed by atoms with van der Waals surface area (Å²) in [6.07, 6.45) is 7.36. The number of benzene rings is 9. The number of fused-ring (bicyclic) bond motifs is 6. The molecule has 0 radical (unpaired) electrons. The molecule has 17 nitrogen and oxygen atoms in total. The van der Waals surface area contributed by atoms with Crippen molar-refractivity contribution in [3.05, 3.63) is 252 Å². The van der Waals surface area contributed by atoms with Crippen molar-refractivity contribution in [2.45, 2.75) is 65.4 Å². The predicted octanol–water partition coefficient (Wildman–Crippen LogP) is 18.0. The molecule has 2 atom stereocenters. The van der Waals surface area contributed by atoms with Crippen LogP contribution in [0.15, 0.2) is 201 Å². The summed E-state index contributed by atoms with van der Waals surface area (Å²) in [6.45, 7) is 10.5. The number of aromatic carboxylic acids is 3. The van der Waals surface area contributed by atoms with E-state index in [0.717, 1.165) is 134 Å². The first-order valence-electron chi connectivity index (χ1n) is 32.3. The molecule has 7 N–H and O–H groups in total. The van der Waals surface area contributed by atoms with Crippen LogP contribution in [0.25, 0.3) is 116 Å². The molecular weight excluding hydrogens is 1260 g/mol. The number of aromatic nitrogens is 9. The Morgan fingerprint density at radius 3 is 1.22 bits per heavy atom. The van der Waals surface area contributed by atoms with Gasteiger partial charge in [-0.15, -0.1) is 0 Å². The lowest BCUT2D eigenvalue weighted by atomic mass is 9.89. The molecule has 0 aliphatic carbocycles. The van der Waals surface area contributed by atoms with E-state index in [9.17, 15) is 48.0 Å². The number of hydrogen-bond donors (Lipinski definition) is 7. The zero-order valence-electron chi connectivity index (χ0n) is 54.8. The first-order chi connectivity index (χ1) is 47.7. The quantitative estimate of drug-likeness (QED) is 0.0452. The van der Waals surface area contributed by atoms with Crippen LogP contribution in [0.2, 0.25) is 0 Å². The normalized spacial score (nSPS) is 12.5. The van der Waals surface area contributed by atoms with Gasteiger partial charge in [-0.2, -0.15) is 15.3 Å². The van der Waals surface area contributed by atoms with Crippen LogP contribution in [0, 0.1) is 23.4 Å². The Morgan fingerprint density at radius 1 is 0.485 bits per heavy atom. The second-order valence-corrected chi connectivity index (χ2v) is 25.1. The van der Waals surface area contributed by atoms with E-state index in [-0.39, 0.29) is 46.7 Å². The minimum atomic E-state index is -1.39. The van der Waals surface area contributed by atoms with E-state index >= 15 is 0 Å². The van der Waals surface area contributed by atoms with Gasteiger partial charge in [-0.25, -0.2) is 27.6 Å². The van der Waals surface area contributed by atoms with E-state index in [1.807, 2.05) is 47.9 Å². The zero-order valence-corrected chi connectivity index (χ0v) is 54.8. The summed E-state index contributed by atoms with van der Waals surface area (Å²) in [5.74, 6) is -3.27. The summed E-state index contributed by atoms with van der Waals surface area (Å²) in [6, 6.07) is 51.9. The maximum atomic E-state index is 13.8. The Labute approximate surface area is 565 Å². The average Bonchev–Trinajstić information content (AvgIpc) is 1.58. The van der Waals surface area contributed by atoms with Gasteiger partial charge in [-0.1, -0.05) is 71.0 Å². The largest absolute Gasteiger partial charge is 0.478 e. The SMILES string of the molecule is CC(C)Cc1c(-c2ccc(C(=O)O)cc2)c2cc3[nH]ncc3cc2n1-c1ccc(F)cc1.CCC(C)c1c(-c2ccc(C(=O)O)cc2)c2cc3[nH]ncc3cc2n1-c1ccc(F)cc1.CCC(O)(COC)c1c(-c2ccc(C(=O)O)cc2)c2cc3[nH]ncc3cc2n1-c1ccc(F)cc1. The highest BCUT2D eigenvalue weighted by molar-refractivity contribution is 6.09. The maximum absolute atomic E-state index is 13.8. The van der Waals surface area contributed by atoms with Crippen molar-refractivity contribution in [2.24, 2.45) is 5.92 Å². The van der Waals surface area contributed by atoms with E-state index in [2.05, 4.69) is 91.7 Å². The van der Waals surface area contributed by atoms with Crippen molar-refractivity contribution in [1.29, 1.82) is 0 Å². The number of rotatable bonds is 17. The molecule has 498 valence electrons. The van der Waals surface area contributed by atoms with E-state index in [1.54, 1.807) is 104 Å². The van der Waals surface area contributed by atoms with Gasteiger partial charge in [0.1, 0.15) is 23.1 Å². The van der Waals surface area contributed by atoms with Crippen molar-refractivity contribution in [2.75, 3.05) is 13.7 Å². The molecular formula is C79H68F3N9O8. The molecule has 99 heavy (non-hydrogen) atoms. The molecule has 15 rings (SSSR count). The lowest BCUT2D eigenvalue weighted by Crippen LogP contribution is -2.33. The molecule has 9 aromatic carbocycles. The van der Waals surface area contributed by atoms with Crippen LogP contribution < -0.4 is 0 Å². The third-order valence-electron chi connectivity index (χ3n) is 18.3. The highest BCUT2D eigenvalue weighted by Crippen LogP contribution is 2.47. The van der Waals surface area contributed by atoms with Gasteiger partial charge in [0.05, 0.1) is 80.7 Å². The fraction of sp³-hybridized carbons (Fsp3) is 0.165. The van der Waals surface area contributed by atoms with Crippen LogP contribution in [0.5, 0.6) is 0 Å². The number of H-pyrrole nitrogens is 3. The van der Waals surface area contributed by atoms with Gasteiger partial charge in [0.25, 0.3) is 0 Å². The summed E-state index contributed by atoms with van der Waals surface area (Å²) in [5, 5.41) is 67.3. The number of aromatic amines is 3. The van der Waals surface area contributed by atoms with Crippen molar-refractivity contribution < 1.29 is 52.7 Å². The summed E-state index contributed by atoms with van der Waals surface area (Å²) < 4.78 is 53.0. The molecule has 0 spiro atoms. The van der Waals surface area contributed by atoms with E-state index in [0.29, 0.717) is 23.7 Å². The molecule has 0 fully saturated rings. The van der Waals surface area contributed by atoms with Gasteiger partial charge < -0.3 is 38.9 Å². The number of carboxylic acids is 3. The maximum Gasteiger partial charge on any atom is 0.335 e. The Morgan fingerprint density at radius 2 is 0.838 bits per heavy atom. The molecule has 6 heterocycles. The summed E-state index contributed by atoms with van der Waals surface area (Å²) in [4.78, 5) is 34.2. The minimum Gasteiger partial charge on any atom is -0.478 e. The highest BCUT2D eigenvalue weighted by atomic mass is 19.1. The smallest absolute Gasteiger partial charge is 0.335 e. The van der Waals surface area contributed by atoms with Gasteiger partial charge in [-0.05, 0) is 193 Å². The number of carboxylic acid groups (broad SMARTS) is 3. The van der Waals surface area contributed by atoms with Crippen LogP contribution >= 0.6 is 0 Å². The van der Waals surface area contributed by atoms with Crippen molar-refractivity contribution in [3.8, 4) is 50.4 Å². The number of nitrogens with one attached hydrogen (secondary N) is 3. The van der Waals surface area contributed by atoms with Crippen molar-refractivity contribution >= 4 is 83.3 Å². The Bertz CT molecular complexity index is 5520. The molecule has 0 bridgehead atoms. The topological polar surface area (TPSA) is 242 Å². The molecule has 0 amide bonds. The Balaban J connectivity index is 0.000000134. The lowest BCUT2D eigenvalue weighted by Gasteiger charge is -2.29. The fourth-order valence-electron chi connectivity index (χ4n) is 13.4. The molecule has 6 aromatic heterocycles. The number of aliphatic hydroxyl groups is 1. The van der Waals surface area contributed by atoms with Crippen LogP contribution in [-0.4, -0.2) is 96.3 Å². The summed E-state index contributed by atoms with van der Waals surface area (Å²) in [5.41, 5.74) is 15.4. The molecule has 0 aliphatic heterocycles. The van der Waals surface area contributed by atoms with Gasteiger partial charge in [0, 0.05) is 84.6 Å². The molecule has 0 aliphatic rings. The summed E-state index contributed by atoms with van der Waals surface area (Å²) >= 11 is 0. The number of carbonyl (C=O) groups is 3. The fourth-order valence-corrected chi connectivity index (χ4v) is 13.4. The first kappa shape index (κ1) is 65.8. The average molecular weight is 1330 g/mol. The van der Waals surface area contributed by atoms with Gasteiger partial charge in [0.15, 0.2) is 0 Å².